The van der Waals surface area contributed by atoms with Crippen LogP contribution < -0.4 is 5.32 Å². The van der Waals surface area contributed by atoms with Gasteiger partial charge in [-0.25, -0.2) is 0 Å². The van der Waals surface area contributed by atoms with Crippen molar-refractivity contribution in [2.24, 2.45) is 0 Å². The number of nitrogens with one attached hydrogen (secondary N) is 1. The normalized spacial score (nSPS) is 24.5. The van der Waals surface area contributed by atoms with E-state index >= 15 is 0 Å². The second-order valence-electron chi connectivity index (χ2n) is 5.86. The number of pyridine rings is 1. The molecule has 0 bridgehead atoms. The molecule has 5 nitrogen and oxygen atoms in total. The van der Waals surface area contributed by atoms with Crippen molar-refractivity contribution in [1.29, 1.82) is 0 Å². The molecule has 112 valence electrons. The van der Waals surface area contributed by atoms with Crippen molar-refractivity contribution in [3.05, 3.63) is 28.5 Å². The van der Waals surface area contributed by atoms with Gasteiger partial charge in [0.1, 0.15) is 11.6 Å². The first-order valence-corrected chi connectivity index (χ1v) is 8.05. The maximum Gasteiger partial charge on any atom is 0.249 e. The number of amides is 2. The molecule has 1 saturated heterocycles. The van der Waals surface area contributed by atoms with Gasteiger partial charge in [-0.15, -0.1) is 0 Å². The topological polar surface area (TPSA) is 62.3 Å². The van der Waals surface area contributed by atoms with E-state index in [4.69, 9.17) is 0 Å². The lowest BCUT2D eigenvalue weighted by Gasteiger charge is -2.43. The van der Waals surface area contributed by atoms with E-state index in [0.29, 0.717) is 6.54 Å². The molecule has 1 atom stereocenters. The first-order valence-electron chi connectivity index (χ1n) is 7.25. The lowest BCUT2D eigenvalue weighted by molar-refractivity contribution is -0.154. The molecule has 2 amide bonds. The van der Waals surface area contributed by atoms with Crippen LogP contribution in [0.5, 0.6) is 0 Å². The van der Waals surface area contributed by atoms with Crippen LogP contribution in [0.2, 0.25) is 0 Å². The summed E-state index contributed by atoms with van der Waals surface area (Å²) in [5.74, 6) is -0.0227. The van der Waals surface area contributed by atoms with Crippen molar-refractivity contribution in [3.8, 4) is 0 Å². The van der Waals surface area contributed by atoms with Gasteiger partial charge < -0.3 is 10.2 Å². The Bertz CT molecular complexity index is 567. The number of piperazine rings is 1. The molecule has 2 aliphatic rings. The van der Waals surface area contributed by atoms with Gasteiger partial charge in [0, 0.05) is 10.7 Å². The Balaban J connectivity index is 1.86. The third kappa shape index (κ3) is 2.57. The summed E-state index contributed by atoms with van der Waals surface area (Å²) in [6.07, 6.45) is 5.18. The van der Waals surface area contributed by atoms with Crippen molar-refractivity contribution in [2.45, 2.75) is 50.7 Å². The van der Waals surface area contributed by atoms with Gasteiger partial charge >= 0.3 is 0 Å². The van der Waals surface area contributed by atoms with Crippen LogP contribution in [-0.4, -0.2) is 33.3 Å². The van der Waals surface area contributed by atoms with Crippen molar-refractivity contribution in [3.63, 3.8) is 0 Å². The Morgan fingerprint density at radius 2 is 2.10 bits per heavy atom. The largest absolute Gasteiger partial charge is 0.340 e. The fraction of sp³-hybridized carbons (Fsp3) is 0.533. The van der Waals surface area contributed by atoms with Crippen LogP contribution in [0.4, 0.5) is 0 Å². The van der Waals surface area contributed by atoms with Gasteiger partial charge in [0.25, 0.3) is 0 Å². The fourth-order valence-corrected chi connectivity index (χ4v) is 3.42. The van der Waals surface area contributed by atoms with Crippen LogP contribution in [0, 0.1) is 0 Å². The molecule has 0 radical (unpaired) electrons. The maximum absolute atomic E-state index is 12.9. The summed E-state index contributed by atoms with van der Waals surface area (Å²) in [5, 5.41) is 2.96. The van der Waals surface area contributed by atoms with E-state index in [9.17, 15) is 9.59 Å². The Hall–Kier alpha value is -1.43. The van der Waals surface area contributed by atoms with Gasteiger partial charge in [0.15, 0.2) is 0 Å². The zero-order valence-electron chi connectivity index (χ0n) is 11.9. The van der Waals surface area contributed by atoms with E-state index in [1.165, 1.54) is 0 Å². The van der Waals surface area contributed by atoms with Gasteiger partial charge in [-0.05, 0) is 47.8 Å². The number of hydrogen-bond acceptors (Lipinski definition) is 3. The molecular formula is C15H18BrN3O2. The van der Waals surface area contributed by atoms with Crippen LogP contribution in [0.1, 0.15) is 38.3 Å². The van der Waals surface area contributed by atoms with Crippen molar-refractivity contribution in [2.75, 3.05) is 0 Å². The summed E-state index contributed by atoms with van der Waals surface area (Å²) in [4.78, 5) is 31.0. The molecule has 1 aliphatic carbocycles. The van der Waals surface area contributed by atoms with Gasteiger partial charge in [0.2, 0.25) is 11.8 Å². The zero-order chi connectivity index (χ0) is 15.0. The van der Waals surface area contributed by atoms with Crippen molar-refractivity contribution < 1.29 is 9.59 Å². The van der Waals surface area contributed by atoms with E-state index in [2.05, 4.69) is 26.2 Å². The van der Waals surface area contributed by atoms with E-state index in [1.807, 2.05) is 12.1 Å². The predicted octanol–water partition coefficient (Wildman–Crippen LogP) is 2.00. The molecule has 1 spiro atoms. The molecule has 1 aromatic heterocycles. The monoisotopic (exact) mass is 351 g/mol. The number of nitrogens with zero attached hydrogens (tertiary/aromatic N) is 2. The molecule has 6 heteroatoms. The lowest BCUT2D eigenvalue weighted by atomic mass is 9.91. The van der Waals surface area contributed by atoms with Crippen LogP contribution in [0.25, 0.3) is 0 Å². The van der Waals surface area contributed by atoms with Gasteiger partial charge in [-0.1, -0.05) is 12.8 Å². The maximum atomic E-state index is 12.9. The SMILES string of the molecule is CC1C(=O)NC2(CCCC2)C(=O)N1Cc1ccc(Br)cn1. The minimum atomic E-state index is -0.668. The van der Waals surface area contributed by atoms with Crippen LogP contribution in [0.3, 0.4) is 0 Å². The number of rotatable bonds is 2. The number of aromatic nitrogens is 1. The van der Waals surface area contributed by atoms with Crippen molar-refractivity contribution >= 4 is 27.7 Å². The number of carbonyl (C=O) groups excluding carboxylic acids is 2. The highest BCUT2D eigenvalue weighted by atomic mass is 79.9. The van der Waals surface area contributed by atoms with Gasteiger partial charge in [-0.2, -0.15) is 0 Å². The molecule has 1 aliphatic heterocycles. The summed E-state index contributed by atoms with van der Waals surface area (Å²) in [7, 11) is 0. The molecule has 2 fully saturated rings. The average molecular weight is 352 g/mol. The molecule has 1 aromatic rings. The van der Waals surface area contributed by atoms with E-state index in [-0.39, 0.29) is 11.8 Å². The first kappa shape index (κ1) is 14.5. The van der Waals surface area contributed by atoms with E-state index < -0.39 is 11.6 Å². The Kier molecular flexibility index (Phi) is 3.73. The first-order chi connectivity index (χ1) is 10.0. The van der Waals surface area contributed by atoms with Gasteiger partial charge in [-0.3, -0.25) is 14.6 Å². The number of halogens is 1. The van der Waals surface area contributed by atoms with Crippen LogP contribution in [-0.2, 0) is 16.1 Å². The Morgan fingerprint density at radius 3 is 2.71 bits per heavy atom. The summed E-state index contributed by atoms with van der Waals surface area (Å²) < 4.78 is 0.897. The molecule has 3 rings (SSSR count). The predicted molar refractivity (Wildman–Crippen MR) is 81.3 cm³/mol. The quantitative estimate of drug-likeness (QED) is 0.886. The summed E-state index contributed by atoms with van der Waals surface area (Å²) in [6, 6.07) is 3.32. The lowest BCUT2D eigenvalue weighted by Crippen LogP contribution is -2.68. The third-order valence-corrected chi connectivity index (χ3v) is 4.93. The molecule has 1 unspecified atom stereocenters. The smallest absolute Gasteiger partial charge is 0.249 e. The standard InChI is InChI=1S/C15H18BrN3O2/c1-10-13(20)18-15(6-2-3-7-15)14(21)19(10)9-12-5-4-11(16)8-17-12/h4-5,8,10H,2-3,6-7,9H2,1H3,(H,18,20). The van der Waals surface area contributed by atoms with Crippen LogP contribution >= 0.6 is 15.9 Å². The molecule has 0 aromatic carbocycles. The highest BCUT2D eigenvalue weighted by Gasteiger charge is 2.50. The highest BCUT2D eigenvalue weighted by molar-refractivity contribution is 9.10. The molecule has 1 N–H and O–H groups in total. The minimum Gasteiger partial charge on any atom is -0.340 e. The Morgan fingerprint density at radius 1 is 1.38 bits per heavy atom. The average Bonchev–Trinajstić information content (AvgIpc) is 2.93. The minimum absolute atomic E-state index is 0.0387. The highest BCUT2D eigenvalue weighted by Crippen LogP contribution is 2.35. The van der Waals surface area contributed by atoms with E-state index in [0.717, 1.165) is 35.8 Å². The van der Waals surface area contributed by atoms with Crippen LogP contribution in [0.15, 0.2) is 22.8 Å². The second kappa shape index (κ2) is 5.40. The Labute approximate surface area is 132 Å². The van der Waals surface area contributed by atoms with E-state index in [1.54, 1.807) is 18.0 Å². The summed E-state index contributed by atoms with van der Waals surface area (Å²) in [5.41, 5.74) is 0.125. The molecule has 21 heavy (non-hydrogen) atoms. The van der Waals surface area contributed by atoms with Gasteiger partial charge in [0.05, 0.1) is 12.2 Å². The fourth-order valence-electron chi connectivity index (χ4n) is 3.19. The zero-order valence-corrected chi connectivity index (χ0v) is 13.5. The summed E-state index contributed by atoms with van der Waals surface area (Å²) in [6.45, 7) is 2.15. The van der Waals surface area contributed by atoms with Crippen molar-refractivity contribution in [1.82, 2.24) is 15.2 Å². The number of hydrogen-bond donors (Lipinski definition) is 1. The molecule has 2 heterocycles. The second-order valence-corrected chi connectivity index (χ2v) is 6.77. The number of carbonyl (C=O) groups is 2. The molecular weight excluding hydrogens is 334 g/mol. The molecule has 1 saturated carbocycles. The summed E-state index contributed by atoms with van der Waals surface area (Å²) >= 11 is 3.35. The third-order valence-electron chi connectivity index (χ3n) is 4.46.